The summed E-state index contributed by atoms with van der Waals surface area (Å²) < 4.78 is 16.4. The van der Waals surface area contributed by atoms with Crippen LogP contribution in [0.2, 0.25) is 0 Å². The van der Waals surface area contributed by atoms with Gasteiger partial charge in [-0.3, -0.25) is 4.79 Å². The molecule has 9 heteroatoms. The number of hydrogen-bond acceptors (Lipinski definition) is 4. The maximum Gasteiger partial charge on any atom is 0.316 e. The molecule has 4 N–H and O–H groups in total. The number of hydrogen-bond donors (Lipinski definition) is 3. The lowest BCUT2D eigenvalue weighted by atomic mass is 10.1. The van der Waals surface area contributed by atoms with E-state index < -0.39 is 17.8 Å². The Hall–Kier alpha value is -3.75. The first-order valence-electron chi connectivity index (χ1n) is 9.71. The second-order valence-electron chi connectivity index (χ2n) is 7.12. The molecule has 0 saturated carbocycles. The number of benzene rings is 2. The van der Waals surface area contributed by atoms with E-state index >= 15 is 0 Å². The van der Waals surface area contributed by atoms with Gasteiger partial charge in [0.05, 0.1) is 5.69 Å². The zero-order chi connectivity index (χ0) is 21.1. The normalized spacial score (nSPS) is 13.2. The number of aromatic nitrogens is 3. The number of halogens is 1. The number of anilines is 2. The van der Waals surface area contributed by atoms with Crippen LogP contribution < -0.4 is 16.4 Å². The third kappa shape index (κ3) is 4.14. The van der Waals surface area contributed by atoms with Gasteiger partial charge in [0.25, 0.3) is 5.91 Å². The Kier molecular flexibility index (Phi) is 5.42. The Bertz CT molecular complexity index is 1090. The molecule has 8 nitrogen and oxygen atoms in total. The summed E-state index contributed by atoms with van der Waals surface area (Å²) in [6.07, 6.45) is 4.14. The highest BCUT2D eigenvalue weighted by molar-refractivity contribution is 6.05. The molecule has 3 amide bonds. The maximum absolute atomic E-state index is 14.4. The van der Waals surface area contributed by atoms with Crippen molar-refractivity contribution in [2.45, 2.75) is 32.2 Å². The number of nitrogens with one attached hydrogen (secondary N) is 2. The van der Waals surface area contributed by atoms with Crippen molar-refractivity contribution >= 4 is 23.3 Å². The van der Waals surface area contributed by atoms with E-state index in [4.69, 9.17) is 5.73 Å². The van der Waals surface area contributed by atoms with E-state index in [2.05, 4.69) is 25.4 Å². The first-order valence-corrected chi connectivity index (χ1v) is 9.71. The summed E-state index contributed by atoms with van der Waals surface area (Å²) in [6.45, 7) is 0.822. The van der Waals surface area contributed by atoms with Gasteiger partial charge in [-0.2, -0.15) is 0 Å². The molecule has 0 aliphatic carbocycles. The van der Waals surface area contributed by atoms with Crippen LogP contribution in [-0.2, 0) is 13.0 Å². The summed E-state index contributed by atoms with van der Waals surface area (Å²) >= 11 is 0. The number of nitrogens with zero attached hydrogens (tertiary/aromatic N) is 3. The predicted molar refractivity (Wildman–Crippen MR) is 111 cm³/mol. The molecule has 0 fully saturated rings. The van der Waals surface area contributed by atoms with Gasteiger partial charge in [0.15, 0.2) is 5.82 Å². The Morgan fingerprint density at radius 3 is 2.57 bits per heavy atom. The minimum Gasteiger partial charge on any atom is -0.351 e. The fourth-order valence-electron chi connectivity index (χ4n) is 3.50. The highest BCUT2D eigenvalue weighted by atomic mass is 19.1. The van der Waals surface area contributed by atoms with E-state index in [1.165, 1.54) is 30.3 Å². The lowest BCUT2D eigenvalue weighted by Crippen LogP contribution is -2.19. The van der Waals surface area contributed by atoms with Crippen LogP contribution in [0.1, 0.15) is 35.4 Å². The van der Waals surface area contributed by atoms with Gasteiger partial charge in [0.1, 0.15) is 11.6 Å². The van der Waals surface area contributed by atoms with Crippen LogP contribution in [0.25, 0.3) is 11.4 Å². The number of urea groups is 1. The first-order chi connectivity index (χ1) is 14.5. The van der Waals surface area contributed by atoms with Gasteiger partial charge in [-0.25, -0.2) is 9.18 Å². The average molecular weight is 408 g/mol. The second-order valence-corrected chi connectivity index (χ2v) is 7.12. The fourth-order valence-corrected chi connectivity index (χ4v) is 3.50. The average Bonchev–Trinajstić information content (AvgIpc) is 2.98. The number of aryl methyl sites for hydroxylation is 1. The quantitative estimate of drug-likeness (QED) is 0.612. The van der Waals surface area contributed by atoms with Crippen molar-refractivity contribution < 1.29 is 14.0 Å². The minimum absolute atomic E-state index is 0.0582. The van der Waals surface area contributed by atoms with Gasteiger partial charge >= 0.3 is 6.03 Å². The van der Waals surface area contributed by atoms with Crippen LogP contribution in [0.5, 0.6) is 0 Å². The predicted octanol–water partition coefficient (Wildman–Crippen LogP) is 3.55. The number of carbonyl (C=O) groups excluding carboxylic acids is 2. The number of carbonyl (C=O) groups is 2. The van der Waals surface area contributed by atoms with Crippen LogP contribution in [0.3, 0.4) is 0 Å². The Morgan fingerprint density at radius 1 is 1.00 bits per heavy atom. The van der Waals surface area contributed by atoms with Crippen molar-refractivity contribution in [1.82, 2.24) is 14.8 Å². The van der Waals surface area contributed by atoms with E-state index in [1.807, 2.05) is 0 Å². The molecular weight excluding hydrogens is 387 g/mol. The largest absolute Gasteiger partial charge is 0.351 e. The number of primary amides is 1. The van der Waals surface area contributed by atoms with Gasteiger partial charge in [-0.05, 0) is 55.3 Å². The van der Waals surface area contributed by atoms with E-state index in [0.29, 0.717) is 22.6 Å². The molecule has 0 bridgehead atoms. The molecular formula is C21H21FN6O2. The second kappa shape index (κ2) is 8.32. The highest BCUT2D eigenvalue weighted by Crippen LogP contribution is 2.27. The van der Waals surface area contributed by atoms with Crippen molar-refractivity contribution in [3.05, 3.63) is 59.7 Å². The molecule has 3 aromatic rings. The Morgan fingerprint density at radius 2 is 1.80 bits per heavy atom. The molecule has 0 radical (unpaired) electrons. The number of amides is 3. The smallest absolute Gasteiger partial charge is 0.316 e. The van der Waals surface area contributed by atoms with Crippen molar-refractivity contribution in [1.29, 1.82) is 0 Å². The molecule has 0 spiro atoms. The SMILES string of the molecule is NC(=O)Nc1ccc(C(=O)Nc2cc(-c3nnc4n3CCCCC4)ccc2F)cc1. The van der Waals surface area contributed by atoms with Crippen molar-refractivity contribution in [2.75, 3.05) is 10.6 Å². The van der Waals surface area contributed by atoms with E-state index in [9.17, 15) is 14.0 Å². The number of fused-ring (bicyclic) bond motifs is 1. The van der Waals surface area contributed by atoms with Crippen LogP contribution in [0, 0.1) is 5.82 Å². The van der Waals surface area contributed by atoms with Crippen molar-refractivity contribution in [3.63, 3.8) is 0 Å². The topological polar surface area (TPSA) is 115 Å². The standard InChI is InChI=1S/C21H21FN6O2/c22-16-10-7-14(19-27-26-18-4-2-1-3-11-28(18)19)12-17(16)25-20(29)13-5-8-15(9-6-13)24-21(23)30/h5-10,12H,1-4,11H2,(H,25,29)(H3,23,24,30). The summed E-state index contributed by atoms with van der Waals surface area (Å²) in [5, 5.41) is 13.6. The van der Waals surface area contributed by atoms with E-state index in [0.717, 1.165) is 38.1 Å². The number of nitrogens with two attached hydrogens (primary N) is 1. The van der Waals surface area contributed by atoms with Crippen LogP contribution in [-0.4, -0.2) is 26.7 Å². The minimum atomic E-state index is -0.697. The monoisotopic (exact) mass is 408 g/mol. The number of rotatable bonds is 4. The van der Waals surface area contributed by atoms with Crippen LogP contribution >= 0.6 is 0 Å². The summed E-state index contributed by atoms with van der Waals surface area (Å²) in [5.74, 6) is 0.581. The molecule has 0 atom stereocenters. The van der Waals surface area contributed by atoms with Crippen molar-refractivity contribution in [3.8, 4) is 11.4 Å². The molecule has 2 aromatic carbocycles. The third-order valence-electron chi connectivity index (χ3n) is 5.00. The molecule has 1 aromatic heterocycles. The molecule has 154 valence electrons. The van der Waals surface area contributed by atoms with Gasteiger partial charge in [-0.15, -0.1) is 10.2 Å². The summed E-state index contributed by atoms with van der Waals surface area (Å²) in [7, 11) is 0. The van der Waals surface area contributed by atoms with Gasteiger partial charge in [0, 0.05) is 29.8 Å². The molecule has 30 heavy (non-hydrogen) atoms. The van der Waals surface area contributed by atoms with E-state index in [-0.39, 0.29) is 5.69 Å². The fraction of sp³-hybridized carbons (Fsp3) is 0.238. The molecule has 4 rings (SSSR count). The molecule has 1 aliphatic rings. The zero-order valence-electron chi connectivity index (χ0n) is 16.2. The van der Waals surface area contributed by atoms with E-state index in [1.54, 1.807) is 12.1 Å². The summed E-state index contributed by atoms with van der Waals surface area (Å²) in [6, 6.07) is 9.92. The summed E-state index contributed by atoms with van der Waals surface area (Å²) in [5.41, 5.74) is 6.58. The highest BCUT2D eigenvalue weighted by Gasteiger charge is 2.18. The maximum atomic E-state index is 14.4. The molecule has 0 saturated heterocycles. The Balaban J connectivity index is 1.56. The van der Waals surface area contributed by atoms with Crippen LogP contribution in [0.4, 0.5) is 20.6 Å². The lowest BCUT2D eigenvalue weighted by Gasteiger charge is -2.11. The first kappa shape index (κ1) is 19.6. The lowest BCUT2D eigenvalue weighted by molar-refractivity contribution is 0.102. The summed E-state index contributed by atoms with van der Waals surface area (Å²) in [4.78, 5) is 23.4. The van der Waals surface area contributed by atoms with Crippen molar-refractivity contribution in [2.24, 2.45) is 5.73 Å². The molecule has 1 aliphatic heterocycles. The van der Waals surface area contributed by atoms with Gasteiger partial charge < -0.3 is 20.9 Å². The molecule has 2 heterocycles. The third-order valence-corrected chi connectivity index (χ3v) is 5.00. The van der Waals surface area contributed by atoms with Gasteiger partial charge in [0.2, 0.25) is 0 Å². The zero-order valence-corrected chi connectivity index (χ0v) is 16.2. The Labute approximate surface area is 172 Å². The van der Waals surface area contributed by atoms with Crippen LogP contribution in [0.15, 0.2) is 42.5 Å². The molecule has 0 unspecified atom stereocenters. The van der Waals surface area contributed by atoms with Gasteiger partial charge in [-0.1, -0.05) is 6.42 Å².